The number of rotatable bonds is 6. The first-order valence-corrected chi connectivity index (χ1v) is 10.6. The van der Waals surface area contributed by atoms with Gasteiger partial charge in [-0.1, -0.05) is 35.3 Å². The van der Waals surface area contributed by atoms with Crippen molar-refractivity contribution in [3.8, 4) is 11.5 Å². The van der Waals surface area contributed by atoms with Crippen LogP contribution in [0.5, 0.6) is 11.5 Å². The Morgan fingerprint density at radius 2 is 1.82 bits per heavy atom. The molecule has 0 N–H and O–H groups in total. The van der Waals surface area contributed by atoms with Gasteiger partial charge in [0.15, 0.2) is 17.4 Å². The molecule has 1 atom stereocenters. The van der Waals surface area contributed by atoms with Crippen molar-refractivity contribution < 1.29 is 23.2 Å². The number of hydrogen-bond donors (Lipinski definition) is 0. The Balaban J connectivity index is 1.56. The summed E-state index contributed by atoms with van der Waals surface area (Å²) in [6.07, 6.45) is 1.39. The van der Waals surface area contributed by atoms with Gasteiger partial charge in [0.05, 0.1) is 21.0 Å². The van der Waals surface area contributed by atoms with Crippen LogP contribution in [0.3, 0.4) is 0 Å². The van der Waals surface area contributed by atoms with Crippen molar-refractivity contribution in [3.63, 3.8) is 0 Å². The highest BCUT2D eigenvalue weighted by Crippen LogP contribution is 2.40. The number of nitro groups is 1. The Morgan fingerprint density at radius 3 is 2.45 bits per heavy atom. The smallest absolute Gasteiger partial charge is 0.272 e. The standard InChI is InChI=1S/C23H16Cl2F2N2O4/c24-18-9-15(29(31)32)10-19(25)23(18)33-16-2-3-17-14(8-16)5-6-28(22(17)12-30)11-13-1-4-20(26)21(27)7-13/h1-4,7-10,12,22H,5-6,11H2. The second-order valence-corrected chi connectivity index (χ2v) is 8.32. The fourth-order valence-electron chi connectivity index (χ4n) is 3.83. The average Bonchev–Trinajstić information content (AvgIpc) is 2.78. The first kappa shape index (κ1) is 23.1. The van der Waals surface area contributed by atoms with E-state index in [1.807, 2.05) is 4.90 Å². The normalized spacial score (nSPS) is 15.7. The van der Waals surface area contributed by atoms with Gasteiger partial charge in [-0.2, -0.15) is 0 Å². The van der Waals surface area contributed by atoms with Crippen LogP contribution in [0, 0.1) is 21.7 Å². The number of benzene rings is 3. The molecule has 0 radical (unpaired) electrons. The molecule has 6 nitrogen and oxygen atoms in total. The summed E-state index contributed by atoms with van der Waals surface area (Å²) in [5.74, 6) is -1.36. The average molecular weight is 493 g/mol. The molecule has 0 aromatic heterocycles. The van der Waals surface area contributed by atoms with E-state index in [1.165, 1.54) is 6.07 Å². The number of fused-ring (bicyclic) bond motifs is 1. The van der Waals surface area contributed by atoms with E-state index in [0.29, 0.717) is 24.3 Å². The van der Waals surface area contributed by atoms with Gasteiger partial charge < -0.3 is 9.53 Å². The summed E-state index contributed by atoms with van der Waals surface area (Å²) in [4.78, 5) is 24.1. The largest absolute Gasteiger partial charge is 0.454 e. The zero-order chi connectivity index (χ0) is 23.7. The van der Waals surface area contributed by atoms with Gasteiger partial charge in [0, 0.05) is 25.2 Å². The molecule has 0 bridgehead atoms. The number of ether oxygens (including phenoxy) is 1. The number of carbonyl (C=O) groups is 1. The van der Waals surface area contributed by atoms with Crippen molar-refractivity contribution in [2.45, 2.75) is 19.0 Å². The summed E-state index contributed by atoms with van der Waals surface area (Å²) in [5, 5.41) is 10.9. The maximum absolute atomic E-state index is 13.6. The molecule has 0 spiro atoms. The van der Waals surface area contributed by atoms with Crippen LogP contribution in [0.1, 0.15) is 22.7 Å². The minimum absolute atomic E-state index is 0.00426. The van der Waals surface area contributed by atoms with Gasteiger partial charge in [0.25, 0.3) is 5.69 Å². The fraction of sp³-hybridized carbons (Fsp3) is 0.174. The molecular weight excluding hydrogens is 477 g/mol. The molecule has 0 aliphatic carbocycles. The predicted molar refractivity (Wildman–Crippen MR) is 119 cm³/mol. The third kappa shape index (κ3) is 4.83. The molecule has 0 saturated heterocycles. The van der Waals surface area contributed by atoms with Gasteiger partial charge in [-0.15, -0.1) is 0 Å². The van der Waals surface area contributed by atoms with Gasteiger partial charge >= 0.3 is 0 Å². The van der Waals surface area contributed by atoms with Crippen molar-refractivity contribution in [3.05, 3.63) is 97.0 Å². The van der Waals surface area contributed by atoms with Crippen molar-refractivity contribution in [2.75, 3.05) is 6.54 Å². The van der Waals surface area contributed by atoms with Crippen LogP contribution in [-0.2, 0) is 17.8 Å². The lowest BCUT2D eigenvalue weighted by Crippen LogP contribution is -2.35. The van der Waals surface area contributed by atoms with Crippen molar-refractivity contribution in [1.29, 1.82) is 0 Å². The Labute approximate surface area is 197 Å². The maximum atomic E-state index is 13.6. The molecule has 170 valence electrons. The molecule has 3 aromatic rings. The number of carbonyl (C=O) groups excluding carboxylic acids is 1. The van der Waals surface area contributed by atoms with Gasteiger partial charge in [-0.3, -0.25) is 15.0 Å². The molecule has 1 heterocycles. The zero-order valence-electron chi connectivity index (χ0n) is 16.9. The lowest BCUT2D eigenvalue weighted by atomic mass is 9.92. The Bertz CT molecular complexity index is 1230. The quantitative estimate of drug-likeness (QED) is 0.230. The van der Waals surface area contributed by atoms with Gasteiger partial charge in [-0.25, -0.2) is 8.78 Å². The number of hydrogen-bond acceptors (Lipinski definition) is 5. The predicted octanol–water partition coefficient (Wildman–Crippen LogP) is 6.27. The second kappa shape index (κ2) is 9.43. The van der Waals surface area contributed by atoms with Crippen LogP contribution in [-0.4, -0.2) is 22.7 Å². The van der Waals surface area contributed by atoms with E-state index in [4.69, 9.17) is 27.9 Å². The minimum atomic E-state index is -0.932. The first-order chi connectivity index (χ1) is 15.8. The number of nitro benzene ring substituents is 1. The highest BCUT2D eigenvalue weighted by molar-refractivity contribution is 6.37. The molecule has 0 amide bonds. The van der Waals surface area contributed by atoms with Crippen LogP contribution in [0.2, 0.25) is 10.0 Å². The van der Waals surface area contributed by atoms with E-state index in [9.17, 15) is 23.7 Å². The van der Waals surface area contributed by atoms with E-state index in [-0.39, 0.29) is 28.0 Å². The van der Waals surface area contributed by atoms with Crippen LogP contribution in [0.15, 0.2) is 48.5 Å². The molecule has 1 aliphatic heterocycles. The molecule has 0 saturated carbocycles. The zero-order valence-corrected chi connectivity index (χ0v) is 18.4. The molecular formula is C23H16Cl2F2N2O4. The number of aldehydes is 1. The first-order valence-electron chi connectivity index (χ1n) is 9.84. The second-order valence-electron chi connectivity index (χ2n) is 7.51. The highest BCUT2D eigenvalue weighted by Gasteiger charge is 2.28. The van der Waals surface area contributed by atoms with Gasteiger partial charge in [0.1, 0.15) is 12.0 Å². The van der Waals surface area contributed by atoms with Gasteiger partial charge in [0.2, 0.25) is 0 Å². The maximum Gasteiger partial charge on any atom is 0.272 e. The number of halogens is 4. The Hall–Kier alpha value is -3.07. The monoisotopic (exact) mass is 492 g/mol. The van der Waals surface area contributed by atoms with Gasteiger partial charge in [-0.05, 0) is 47.4 Å². The van der Waals surface area contributed by atoms with E-state index in [0.717, 1.165) is 41.7 Å². The lowest BCUT2D eigenvalue weighted by Gasteiger charge is -2.34. The van der Waals surface area contributed by atoms with E-state index in [1.54, 1.807) is 18.2 Å². The molecule has 33 heavy (non-hydrogen) atoms. The summed E-state index contributed by atoms with van der Waals surface area (Å²) in [6.45, 7) is 0.796. The van der Waals surface area contributed by atoms with Crippen LogP contribution in [0.4, 0.5) is 14.5 Å². The summed E-state index contributed by atoms with van der Waals surface area (Å²) in [5.41, 5.74) is 1.96. The minimum Gasteiger partial charge on any atom is -0.454 e. The van der Waals surface area contributed by atoms with E-state index in [2.05, 4.69) is 0 Å². The van der Waals surface area contributed by atoms with Crippen molar-refractivity contribution in [2.24, 2.45) is 0 Å². The van der Waals surface area contributed by atoms with E-state index >= 15 is 0 Å². The Kier molecular flexibility index (Phi) is 6.60. The number of nitrogens with zero attached hydrogens (tertiary/aromatic N) is 2. The number of non-ortho nitro benzene ring substituents is 1. The molecule has 3 aromatic carbocycles. The third-order valence-electron chi connectivity index (χ3n) is 5.41. The summed E-state index contributed by atoms with van der Waals surface area (Å²) >= 11 is 12.2. The SMILES string of the molecule is O=CC1c2ccc(Oc3c(Cl)cc([N+](=O)[O-])cc3Cl)cc2CCN1Cc1ccc(F)c(F)c1. The fourth-order valence-corrected chi connectivity index (χ4v) is 4.38. The summed E-state index contributed by atoms with van der Waals surface area (Å²) < 4.78 is 32.6. The highest BCUT2D eigenvalue weighted by atomic mass is 35.5. The third-order valence-corrected chi connectivity index (χ3v) is 5.97. The Morgan fingerprint density at radius 1 is 1.09 bits per heavy atom. The van der Waals surface area contributed by atoms with Crippen LogP contribution >= 0.6 is 23.2 Å². The summed E-state index contributed by atoms with van der Waals surface area (Å²) in [6, 6.07) is 10.6. The topological polar surface area (TPSA) is 72.7 Å². The molecule has 1 unspecified atom stereocenters. The molecule has 4 rings (SSSR count). The van der Waals surface area contributed by atoms with Crippen molar-refractivity contribution >= 4 is 35.2 Å². The molecule has 10 heteroatoms. The lowest BCUT2D eigenvalue weighted by molar-refractivity contribution is -0.384. The summed E-state index contributed by atoms with van der Waals surface area (Å²) in [7, 11) is 0. The molecule has 0 fully saturated rings. The van der Waals surface area contributed by atoms with Crippen molar-refractivity contribution in [1.82, 2.24) is 4.90 Å². The van der Waals surface area contributed by atoms with Crippen LogP contribution in [0.25, 0.3) is 0 Å². The molecule has 1 aliphatic rings. The van der Waals surface area contributed by atoms with Crippen LogP contribution < -0.4 is 4.74 Å². The van der Waals surface area contributed by atoms with E-state index < -0.39 is 22.6 Å².